The van der Waals surface area contributed by atoms with E-state index in [2.05, 4.69) is 59.5 Å². The van der Waals surface area contributed by atoms with Crippen LogP contribution in [0.1, 0.15) is 29.8 Å². The first-order valence-electron chi connectivity index (χ1n) is 9.55. The summed E-state index contributed by atoms with van der Waals surface area (Å²) in [6, 6.07) is 19.2. The summed E-state index contributed by atoms with van der Waals surface area (Å²) < 4.78 is 0. The lowest BCUT2D eigenvalue weighted by molar-refractivity contribution is 0.102. The van der Waals surface area contributed by atoms with Gasteiger partial charge in [0, 0.05) is 30.0 Å². The van der Waals surface area contributed by atoms with Crippen LogP contribution >= 0.6 is 0 Å². The van der Waals surface area contributed by atoms with Gasteiger partial charge in [0.1, 0.15) is 5.82 Å². The van der Waals surface area contributed by atoms with Crippen LogP contribution in [-0.4, -0.2) is 24.0 Å². The fraction of sp³-hybridized carbons (Fsp3) is 0.217. The first-order valence-corrected chi connectivity index (χ1v) is 9.55. The van der Waals surface area contributed by atoms with E-state index in [1.165, 1.54) is 5.69 Å². The molecule has 0 bridgehead atoms. The monoisotopic (exact) mass is 374 g/mol. The van der Waals surface area contributed by atoms with Crippen LogP contribution < -0.4 is 15.5 Å². The smallest absolute Gasteiger partial charge is 0.255 e. The Bertz CT molecular complexity index is 919. The average Bonchev–Trinajstić information content (AvgIpc) is 2.73. The van der Waals surface area contributed by atoms with Crippen LogP contribution in [0.5, 0.6) is 0 Å². The second-order valence-electron chi connectivity index (χ2n) is 6.55. The van der Waals surface area contributed by atoms with Crippen molar-refractivity contribution < 1.29 is 4.79 Å². The molecule has 28 heavy (non-hydrogen) atoms. The van der Waals surface area contributed by atoms with Crippen LogP contribution in [0.3, 0.4) is 0 Å². The zero-order chi connectivity index (χ0) is 19.9. The van der Waals surface area contributed by atoms with E-state index in [9.17, 15) is 4.79 Å². The Balaban J connectivity index is 1.66. The Kier molecular flexibility index (Phi) is 6.27. The fourth-order valence-electron chi connectivity index (χ4n) is 3.05. The summed E-state index contributed by atoms with van der Waals surface area (Å²) in [6.07, 6.45) is 1.66. The summed E-state index contributed by atoms with van der Waals surface area (Å²) in [5, 5.41) is 6.20. The lowest BCUT2D eigenvalue weighted by Crippen LogP contribution is -2.21. The fourth-order valence-corrected chi connectivity index (χ4v) is 3.05. The van der Waals surface area contributed by atoms with Crippen molar-refractivity contribution in [2.45, 2.75) is 20.8 Å². The maximum atomic E-state index is 12.2. The van der Waals surface area contributed by atoms with Gasteiger partial charge in [-0.05, 0) is 68.8 Å². The van der Waals surface area contributed by atoms with Crippen LogP contribution in [0.4, 0.5) is 22.9 Å². The number of aromatic nitrogens is 1. The molecule has 1 amide bonds. The summed E-state index contributed by atoms with van der Waals surface area (Å²) in [5.74, 6) is 0.586. The Morgan fingerprint density at radius 3 is 2.36 bits per heavy atom. The van der Waals surface area contributed by atoms with Gasteiger partial charge in [0.2, 0.25) is 0 Å². The summed E-state index contributed by atoms with van der Waals surface area (Å²) in [5.41, 5.74) is 4.68. The van der Waals surface area contributed by atoms with Crippen molar-refractivity contribution in [3.05, 3.63) is 78.0 Å². The molecule has 5 heteroatoms. The summed E-state index contributed by atoms with van der Waals surface area (Å²) in [4.78, 5) is 18.9. The van der Waals surface area contributed by atoms with Crippen molar-refractivity contribution in [1.82, 2.24) is 4.98 Å². The average molecular weight is 374 g/mol. The second kappa shape index (κ2) is 9.04. The number of hydrogen-bond acceptors (Lipinski definition) is 4. The van der Waals surface area contributed by atoms with Gasteiger partial charge in [-0.15, -0.1) is 0 Å². The third kappa shape index (κ3) is 4.68. The number of aryl methyl sites for hydroxylation is 1. The van der Waals surface area contributed by atoms with E-state index in [-0.39, 0.29) is 5.91 Å². The molecule has 0 saturated heterocycles. The molecule has 5 nitrogen and oxygen atoms in total. The molecule has 0 fully saturated rings. The van der Waals surface area contributed by atoms with E-state index in [0.717, 1.165) is 30.2 Å². The highest BCUT2D eigenvalue weighted by molar-refractivity contribution is 6.04. The highest BCUT2D eigenvalue weighted by Crippen LogP contribution is 2.25. The van der Waals surface area contributed by atoms with Crippen LogP contribution in [0.15, 0.2) is 66.9 Å². The Labute approximate surface area is 166 Å². The maximum Gasteiger partial charge on any atom is 0.255 e. The predicted octanol–water partition coefficient (Wildman–Crippen LogP) is 5.23. The van der Waals surface area contributed by atoms with Gasteiger partial charge in [0.25, 0.3) is 5.91 Å². The zero-order valence-corrected chi connectivity index (χ0v) is 16.6. The van der Waals surface area contributed by atoms with E-state index < -0.39 is 0 Å². The quantitative estimate of drug-likeness (QED) is 0.594. The number of nitrogens with one attached hydrogen (secondary N) is 2. The molecule has 1 aromatic heterocycles. The lowest BCUT2D eigenvalue weighted by Gasteiger charge is -2.22. The Hall–Kier alpha value is -3.34. The van der Waals surface area contributed by atoms with E-state index in [0.29, 0.717) is 11.3 Å². The molecular weight excluding hydrogens is 348 g/mol. The molecule has 3 aromatic rings. The molecule has 0 aliphatic heterocycles. The minimum Gasteiger partial charge on any atom is -0.372 e. The van der Waals surface area contributed by atoms with Gasteiger partial charge in [-0.2, -0.15) is 0 Å². The number of hydrogen-bond donors (Lipinski definition) is 2. The maximum absolute atomic E-state index is 12.2. The van der Waals surface area contributed by atoms with Gasteiger partial charge in [-0.3, -0.25) is 4.79 Å². The van der Waals surface area contributed by atoms with E-state index >= 15 is 0 Å². The van der Waals surface area contributed by atoms with Crippen LogP contribution in [-0.2, 0) is 0 Å². The lowest BCUT2D eigenvalue weighted by atomic mass is 10.1. The molecule has 0 unspecified atom stereocenters. The summed E-state index contributed by atoms with van der Waals surface area (Å²) in [6.45, 7) is 8.38. The topological polar surface area (TPSA) is 57.3 Å². The summed E-state index contributed by atoms with van der Waals surface area (Å²) in [7, 11) is 0. The third-order valence-corrected chi connectivity index (χ3v) is 4.66. The molecule has 0 aliphatic carbocycles. The largest absolute Gasteiger partial charge is 0.372 e. The molecule has 2 aromatic carbocycles. The van der Waals surface area contributed by atoms with E-state index in [1.54, 1.807) is 18.3 Å². The molecule has 0 spiro atoms. The normalized spacial score (nSPS) is 10.4. The number of pyridine rings is 1. The van der Waals surface area contributed by atoms with E-state index in [1.807, 2.05) is 30.3 Å². The van der Waals surface area contributed by atoms with Gasteiger partial charge in [-0.1, -0.05) is 18.2 Å². The molecule has 144 valence electrons. The second-order valence-corrected chi connectivity index (χ2v) is 6.55. The highest BCUT2D eigenvalue weighted by Gasteiger charge is 2.07. The van der Waals surface area contributed by atoms with Gasteiger partial charge >= 0.3 is 0 Å². The molecule has 0 atom stereocenters. The van der Waals surface area contributed by atoms with Gasteiger partial charge in [0.05, 0.1) is 11.9 Å². The van der Waals surface area contributed by atoms with E-state index in [4.69, 9.17) is 0 Å². The number of amides is 1. The standard InChI is InChI=1S/C23H26N4O/c1-4-27(5-2)20-12-13-21(17(3)15-20)26-22-14-11-19(16-24-22)25-23(28)18-9-7-6-8-10-18/h6-16H,4-5H2,1-3H3,(H,24,26)(H,25,28). The van der Waals surface area contributed by atoms with Crippen molar-refractivity contribution in [2.75, 3.05) is 28.6 Å². The number of benzene rings is 2. The first-order chi connectivity index (χ1) is 13.6. The Morgan fingerprint density at radius 2 is 1.75 bits per heavy atom. The third-order valence-electron chi connectivity index (χ3n) is 4.66. The minimum absolute atomic E-state index is 0.147. The van der Waals surface area contributed by atoms with Crippen molar-refractivity contribution >= 4 is 28.8 Å². The van der Waals surface area contributed by atoms with Crippen molar-refractivity contribution in [2.24, 2.45) is 0 Å². The number of carbonyl (C=O) groups excluding carboxylic acids is 1. The molecule has 3 rings (SSSR count). The molecular formula is C23H26N4O. The van der Waals surface area contributed by atoms with Crippen LogP contribution in [0.2, 0.25) is 0 Å². The molecule has 2 N–H and O–H groups in total. The Morgan fingerprint density at radius 1 is 1.00 bits per heavy atom. The molecule has 0 aliphatic rings. The number of carbonyl (C=O) groups is 1. The SMILES string of the molecule is CCN(CC)c1ccc(Nc2ccc(NC(=O)c3ccccc3)cn2)c(C)c1. The highest BCUT2D eigenvalue weighted by atomic mass is 16.1. The first kappa shape index (κ1) is 19.4. The van der Waals surface area contributed by atoms with Crippen molar-refractivity contribution in [3.8, 4) is 0 Å². The van der Waals surface area contributed by atoms with Gasteiger partial charge in [-0.25, -0.2) is 4.98 Å². The minimum atomic E-state index is -0.147. The molecule has 0 saturated carbocycles. The van der Waals surface area contributed by atoms with Crippen molar-refractivity contribution in [1.29, 1.82) is 0 Å². The molecule has 0 radical (unpaired) electrons. The van der Waals surface area contributed by atoms with Crippen LogP contribution in [0.25, 0.3) is 0 Å². The number of nitrogens with zero attached hydrogens (tertiary/aromatic N) is 2. The predicted molar refractivity (Wildman–Crippen MR) is 117 cm³/mol. The number of rotatable bonds is 7. The summed E-state index contributed by atoms with van der Waals surface area (Å²) >= 11 is 0. The molecule has 1 heterocycles. The van der Waals surface area contributed by atoms with Gasteiger partial charge < -0.3 is 15.5 Å². The van der Waals surface area contributed by atoms with Crippen LogP contribution in [0, 0.1) is 6.92 Å². The zero-order valence-electron chi connectivity index (χ0n) is 16.6. The van der Waals surface area contributed by atoms with Crippen molar-refractivity contribution in [3.63, 3.8) is 0 Å². The number of anilines is 4. The van der Waals surface area contributed by atoms with Gasteiger partial charge in [0.15, 0.2) is 0 Å².